The number of rotatable bonds is 1. The van der Waals surface area contributed by atoms with Crippen LogP contribution >= 0.6 is 15.9 Å². The predicted molar refractivity (Wildman–Crippen MR) is 69.6 cm³/mol. The summed E-state index contributed by atoms with van der Waals surface area (Å²) in [5.41, 5.74) is -1.75. The van der Waals surface area contributed by atoms with E-state index in [1.807, 2.05) is 0 Å². The fourth-order valence-electron chi connectivity index (χ4n) is 1.55. The van der Waals surface area contributed by atoms with Crippen molar-refractivity contribution < 1.29 is 18.0 Å². The largest absolute Gasteiger partial charge is 0.417 e. The maximum Gasteiger partial charge on any atom is 0.417 e. The molecule has 0 unspecified atom stereocenters. The molecule has 0 spiro atoms. The van der Waals surface area contributed by atoms with E-state index in [0.717, 1.165) is 6.07 Å². The van der Waals surface area contributed by atoms with Gasteiger partial charge in [0, 0.05) is 22.3 Å². The van der Waals surface area contributed by atoms with E-state index in [1.54, 1.807) is 12.1 Å². The molecule has 0 saturated heterocycles. The quantitative estimate of drug-likeness (QED) is 0.795. The summed E-state index contributed by atoms with van der Waals surface area (Å²) < 4.78 is 38.9. The highest BCUT2D eigenvalue weighted by Crippen LogP contribution is 2.28. The van der Waals surface area contributed by atoms with E-state index >= 15 is 0 Å². The van der Waals surface area contributed by atoms with Crippen molar-refractivity contribution in [3.8, 4) is 0 Å². The first-order valence-corrected chi connectivity index (χ1v) is 6.18. The molecule has 2 rings (SSSR count). The Morgan fingerprint density at radius 3 is 2.20 bits per heavy atom. The lowest BCUT2D eigenvalue weighted by atomic mass is 10.2. The van der Waals surface area contributed by atoms with Crippen LogP contribution in [0.2, 0.25) is 0 Å². The van der Waals surface area contributed by atoms with Gasteiger partial charge in [-0.25, -0.2) is 4.57 Å². The molecule has 0 radical (unpaired) electrons. The minimum atomic E-state index is -4.62. The van der Waals surface area contributed by atoms with Crippen LogP contribution in [0.15, 0.2) is 51.9 Å². The highest BCUT2D eigenvalue weighted by molar-refractivity contribution is 9.10. The van der Waals surface area contributed by atoms with Crippen LogP contribution in [-0.2, 0) is 6.18 Å². The molecule has 1 heterocycles. The molecule has 0 bridgehead atoms. The molecular formula is C13H7BrF3NO2. The van der Waals surface area contributed by atoms with Gasteiger partial charge in [-0.2, -0.15) is 13.2 Å². The molecule has 2 aromatic rings. The molecule has 0 amide bonds. The number of benzene rings is 1. The second-order valence-corrected chi connectivity index (χ2v) is 4.85. The van der Waals surface area contributed by atoms with Crippen molar-refractivity contribution in [2.24, 2.45) is 0 Å². The molecule has 1 aromatic carbocycles. The standard InChI is InChI=1S/C13H7BrF3NO2/c14-10-4-1-8(2-5-10)12(20)18-7-9(13(15,16)17)3-6-11(18)19/h1-7H. The van der Waals surface area contributed by atoms with Crippen molar-refractivity contribution >= 4 is 21.8 Å². The van der Waals surface area contributed by atoms with Gasteiger partial charge in [-0.15, -0.1) is 0 Å². The van der Waals surface area contributed by atoms with Crippen molar-refractivity contribution in [2.75, 3.05) is 0 Å². The van der Waals surface area contributed by atoms with Crippen LogP contribution in [-0.4, -0.2) is 10.5 Å². The third-order valence-electron chi connectivity index (χ3n) is 2.55. The van der Waals surface area contributed by atoms with Gasteiger partial charge in [-0.3, -0.25) is 9.59 Å². The van der Waals surface area contributed by atoms with Crippen LogP contribution in [0, 0.1) is 0 Å². The summed E-state index contributed by atoms with van der Waals surface area (Å²) in [5.74, 6) is -0.811. The molecule has 0 atom stereocenters. The van der Waals surface area contributed by atoms with Crippen molar-refractivity contribution in [3.63, 3.8) is 0 Å². The van der Waals surface area contributed by atoms with Gasteiger partial charge in [-0.05, 0) is 30.3 Å². The number of aromatic nitrogens is 1. The first-order valence-electron chi connectivity index (χ1n) is 5.39. The number of pyridine rings is 1. The van der Waals surface area contributed by atoms with Crippen LogP contribution in [0.1, 0.15) is 15.9 Å². The number of halogens is 4. The molecular weight excluding hydrogens is 339 g/mol. The van der Waals surface area contributed by atoms with Gasteiger partial charge in [0.25, 0.3) is 11.5 Å². The van der Waals surface area contributed by atoms with Crippen molar-refractivity contribution in [3.05, 3.63) is 68.5 Å². The number of carbonyl (C=O) groups is 1. The SMILES string of the molecule is O=C(c1ccc(Br)cc1)n1cc(C(F)(F)F)ccc1=O. The Bertz CT molecular complexity index is 705. The third-order valence-corrected chi connectivity index (χ3v) is 3.08. The zero-order chi connectivity index (χ0) is 14.9. The summed E-state index contributed by atoms with van der Waals surface area (Å²) in [6.45, 7) is 0. The van der Waals surface area contributed by atoms with E-state index in [0.29, 0.717) is 21.3 Å². The van der Waals surface area contributed by atoms with Crippen molar-refractivity contribution in [2.45, 2.75) is 6.18 Å². The van der Waals surface area contributed by atoms with Crippen LogP contribution in [0.5, 0.6) is 0 Å². The second kappa shape index (κ2) is 5.24. The lowest BCUT2D eigenvalue weighted by Crippen LogP contribution is -2.27. The molecule has 0 aliphatic heterocycles. The average molecular weight is 346 g/mol. The Hall–Kier alpha value is -1.89. The minimum Gasteiger partial charge on any atom is -0.269 e. The fourth-order valence-corrected chi connectivity index (χ4v) is 1.81. The summed E-state index contributed by atoms with van der Waals surface area (Å²) >= 11 is 3.17. The number of nitrogens with zero attached hydrogens (tertiary/aromatic N) is 1. The summed E-state index contributed by atoms with van der Waals surface area (Å²) in [4.78, 5) is 23.6. The minimum absolute atomic E-state index is 0.120. The molecule has 0 saturated carbocycles. The van der Waals surface area contributed by atoms with Gasteiger partial charge in [0.05, 0.1) is 5.56 Å². The van der Waals surface area contributed by atoms with Gasteiger partial charge in [0.2, 0.25) is 0 Å². The van der Waals surface area contributed by atoms with Crippen LogP contribution in [0.4, 0.5) is 13.2 Å². The Kier molecular flexibility index (Phi) is 3.80. The zero-order valence-electron chi connectivity index (χ0n) is 9.82. The number of hydrogen-bond acceptors (Lipinski definition) is 2. The van der Waals surface area contributed by atoms with Crippen LogP contribution in [0.3, 0.4) is 0 Å². The number of alkyl halides is 3. The van der Waals surface area contributed by atoms with Crippen molar-refractivity contribution in [1.82, 2.24) is 4.57 Å². The smallest absolute Gasteiger partial charge is 0.269 e. The molecule has 0 aliphatic rings. The summed E-state index contributed by atoms with van der Waals surface area (Å²) in [5, 5.41) is 0. The normalized spacial score (nSPS) is 11.4. The first-order chi connectivity index (χ1) is 9.29. The van der Waals surface area contributed by atoms with Gasteiger partial charge in [0.1, 0.15) is 0 Å². The number of hydrogen-bond donors (Lipinski definition) is 0. The Labute approximate surface area is 119 Å². The zero-order valence-corrected chi connectivity index (χ0v) is 11.4. The molecule has 0 aliphatic carbocycles. The Morgan fingerprint density at radius 2 is 1.65 bits per heavy atom. The van der Waals surface area contributed by atoms with Crippen molar-refractivity contribution in [1.29, 1.82) is 0 Å². The second-order valence-electron chi connectivity index (χ2n) is 3.94. The molecule has 0 fully saturated rings. The lowest BCUT2D eigenvalue weighted by molar-refractivity contribution is -0.137. The molecule has 0 N–H and O–H groups in total. The van der Waals surface area contributed by atoms with Gasteiger partial charge in [-0.1, -0.05) is 15.9 Å². The Balaban J connectivity index is 2.49. The van der Waals surface area contributed by atoms with Crippen LogP contribution < -0.4 is 5.56 Å². The third kappa shape index (κ3) is 2.98. The van der Waals surface area contributed by atoms with E-state index in [1.165, 1.54) is 12.1 Å². The summed E-state index contributed by atoms with van der Waals surface area (Å²) in [7, 11) is 0. The molecule has 1 aromatic heterocycles. The average Bonchev–Trinajstić information content (AvgIpc) is 2.38. The fraction of sp³-hybridized carbons (Fsp3) is 0.0769. The van der Waals surface area contributed by atoms with E-state index in [2.05, 4.69) is 15.9 Å². The number of carbonyl (C=O) groups excluding carboxylic acids is 1. The maximum absolute atomic E-state index is 12.6. The maximum atomic E-state index is 12.6. The van der Waals surface area contributed by atoms with Crippen LogP contribution in [0.25, 0.3) is 0 Å². The highest BCUT2D eigenvalue weighted by Gasteiger charge is 2.31. The first kappa shape index (κ1) is 14.5. The molecule has 7 heteroatoms. The van der Waals surface area contributed by atoms with Gasteiger partial charge in [0.15, 0.2) is 0 Å². The Morgan fingerprint density at radius 1 is 1.05 bits per heavy atom. The molecule has 104 valence electrons. The van der Waals surface area contributed by atoms with E-state index < -0.39 is 23.2 Å². The highest BCUT2D eigenvalue weighted by atomic mass is 79.9. The predicted octanol–water partition coefficient (Wildman–Crippen LogP) is 3.32. The monoisotopic (exact) mass is 345 g/mol. The summed E-state index contributed by atoms with van der Waals surface area (Å²) in [6, 6.07) is 7.32. The van der Waals surface area contributed by atoms with E-state index in [9.17, 15) is 22.8 Å². The van der Waals surface area contributed by atoms with Gasteiger partial charge >= 0.3 is 6.18 Å². The lowest BCUT2D eigenvalue weighted by Gasteiger charge is -2.09. The van der Waals surface area contributed by atoms with E-state index in [-0.39, 0.29) is 5.56 Å². The van der Waals surface area contributed by atoms with Gasteiger partial charge < -0.3 is 0 Å². The molecule has 20 heavy (non-hydrogen) atoms. The summed E-state index contributed by atoms with van der Waals surface area (Å²) in [6.07, 6.45) is -4.11. The molecule has 3 nitrogen and oxygen atoms in total. The van der Waals surface area contributed by atoms with E-state index in [4.69, 9.17) is 0 Å². The topological polar surface area (TPSA) is 39.1 Å².